The van der Waals surface area contributed by atoms with E-state index in [1.54, 1.807) is 0 Å². The second kappa shape index (κ2) is 7.30. The van der Waals surface area contributed by atoms with Crippen LogP contribution in [0.1, 0.15) is 31.7 Å². The highest BCUT2D eigenvalue weighted by molar-refractivity contribution is 6.31. The summed E-state index contributed by atoms with van der Waals surface area (Å²) >= 11 is 5.98. The Labute approximate surface area is 126 Å². The van der Waals surface area contributed by atoms with Crippen LogP contribution >= 0.6 is 11.6 Å². The number of hydrogen-bond acceptors (Lipinski definition) is 3. The number of rotatable bonds is 5. The predicted octanol–water partition coefficient (Wildman–Crippen LogP) is 3.26. The van der Waals surface area contributed by atoms with Gasteiger partial charge in [-0.15, -0.1) is 0 Å². The molecule has 3 nitrogen and oxygen atoms in total. The molecule has 0 saturated carbocycles. The molecular weight excluding hydrogens is 274 g/mol. The molecule has 1 N–H and O–H groups in total. The van der Waals surface area contributed by atoms with Crippen LogP contribution in [0, 0.1) is 6.92 Å². The summed E-state index contributed by atoms with van der Waals surface area (Å²) in [6, 6.07) is 6.13. The fourth-order valence-corrected chi connectivity index (χ4v) is 2.77. The molecule has 1 fully saturated rings. The molecule has 0 radical (unpaired) electrons. The molecule has 0 unspecified atom stereocenters. The fraction of sp³-hybridized carbons (Fsp3) is 0.625. The monoisotopic (exact) mass is 297 g/mol. The van der Waals surface area contributed by atoms with Gasteiger partial charge in [0.25, 0.3) is 0 Å². The van der Waals surface area contributed by atoms with Crippen molar-refractivity contribution in [3.63, 3.8) is 0 Å². The number of hydrogen-bond donors (Lipinski definition) is 1. The van der Waals surface area contributed by atoms with Gasteiger partial charge in [0.05, 0.1) is 0 Å². The lowest BCUT2D eigenvalue weighted by atomic mass is 10.0. The van der Waals surface area contributed by atoms with Crippen molar-refractivity contribution in [3.05, 3.63) is 28.8 Å². The Morgan fingerprint density at radius 2 is 2.25 bits per heavy atom. The smallest absolute Gasteiger partial charge is 0.119 e. The summed E-state index contributed by atoms with van der Waals surface area (Å²) in [4.78, 5) is 2.35. The van der Waals surface area contributed by atoms with E-state index >= 15 is 0 Å². The molecule has 0 amide bonds. The molecule has 1 heterocycles. The molecule has 112 valence electrons. The Hall–Kier alpha value is -0.770. The maximum Gasteiger partial charge on any atom is 0.119 e. The van der Waals surface area contributed by atoms with Gasteiger partial charge in [0.15, 0.2) is 0 Å². The molecule has 4 heteroatoms. The zero-order valence-corrected chi connectivity index (χ0v) is 13.1. The second-order valence-electron chi connectivity index (χ2n) is 5.72. The van der Waals surface area contributed by atoms with E-state index in [-0.39, 0.29) is 0 Å². The minimum absolute atomic E-state index is 0.324. The van der Waals surface area contributed by atoms with Gasteiger partial charge < -0.3 is 9.84 Å². The van der Waals surface area contributed by atoms with Gasteiger partial charge in [-0.2, -0.15) is 0 Å². The summed E-state index contributed by atoms with van der Waals surface area (Å²) in [5.74, 6) is 0.762. The molecule has 1 saturated heterocycles. The summed E-state index contributed by atoms with van der Waals surface area (Å²) in [6.45, 7) is 6.27. The van der Waals surface area contributed by atoms with E-state index in [1.165, 1.54) is 19.3 Å². The van der Waals surface area contributed by atoms with Gasteiger partial charge in [-0.05, 0) is 57.0 Å². The van der Waals surface area contributed by atoms with Crippen molar-refractivity contribution in [2.75, 3.05) is 19.7 Å². The molecule has 1 aliphatic heterocycles. The van der Waals surface area contributed by atoms with Gasteiger partial charge in [0, 0.05) is 17.6 Å². The van der Waals surface area contributed by atoms with Crippen LogP contribution in [0.4, 0.5) is 0 Å². The van der Waals surface area contributed by atoms with Crippen molar-refractivity contribution in [1.82, 2.24) is 4.90 Å². The average Bonchev–Trinajstić information content (AvgIpc) is 2.43. The molecule has 0 aromatic heterocycles. The molecule has 20 heavy (non-hydrogen) atoms. The van der Waals surface area contributed by atoms with Gasteiger partial charge in [-0.25, -0.2) is 0 Å². The number of aliphatic hydroxyl groups is 1. The second-order valence-corrected chi connectivity index (χ2v) is 6.12. The van der Waals surface area contributed by atoms with E-state index in [1.807, 2.05) is 25.1 Å². The summed E-state index contributed by atoms with van der Waals surface area (Å²) in [5, 5.41) is 10.8. The molecular formula is C16H24ClNO2. The number of aryl methyl sites for hydroxylation is 1. The first-order valence-corrected chi connectivity index (χ1v) is 7.75. The topological polar surface area (TPSA) is 32.7 Å². The van der Waals surface area contributed by atoms with E-state index in [4.69, 9.17) is 16.3 Å². The molecule has 1 aliphatic rings. The van der Waals surface area contributed by atoms with Crippen molar-refractivity contribution in [1.29, 1.82) is 0 Å². The number of nitrogens with zero attached hydrogens (tertiary/aromatic N) is 1. The minimum Gasteiger partial charge on any atom is -0.491 e. The van der Waals surface area contributed by atoms with Crippen molar-refractivity contribution in [2.45, 2.75) is 45.3 Å². The van der Waals surface area contributed by atoms with Crippen LogP contribution in [0.2, 0.25) is 5.02 Å². The molecule has 0 aliphatic carbocycles. The van der Waals surface area contributed by atoms with E-state index in [0.29, 0.717) is 19.2 Å². The third-order valence-electron chi connectivity index (χ3n) is 3.96. The van der Waals surface area contributed by atoms with Gasteiger partial charge >= 0.3 is 0 Å². The van der Waals surface area contributed by atoms with Crippen LogP contribution in [0.5, 0.6) is 5.75 Å². The van der Waals surface area contributed by atoms with Gasteiger partial charge in [0.1, 0.15) is 18.5 Å². The lowest BCUT2D eigenvalue weighted by Gasteiger charge is -2.34. The zero-order valence-electron chi connectivity index (χ0n) is 12.3. The van der Waals surface area contributed by atoms with E-state index in [0.717, 1.165) is 22.9 Å². The summed E-state index contributed by atoms with van der Waals surface area (Å²) in [5.41, 5.74) is 0.989. The van der Waals surface area contributed by atoms with Crippen molar-refractivity contribution >= 4 is 11.6 Å². The molecule has 2 atom stereocenters. The largest absolute Gasteiger partial charge is 0.491 e. The van der Waals surface area contributed by atoms with Crippen molar-refractivity contribution < 1.29 is 9.84 Å². The number of piperidine rings is 1. The van der Waals surface area contributed by atoms with Crippen molar-refractivity contribution in [3.8, 4) is 5.75 Å². The Kier molecular flexibility index (Phi) is 5.70. The van der Waals surface area contributed by atoms with Crippen LogP contribution < -0.4 is 4.74 Å². The number of ether oxygens (including phenoxy) is 1. The summed E-state index contributed by atoms with van der Waals surface area (Å²) < 4.78 is 5.65. The van der Waals surface area contributed by atoms with Gasteiger partial charge in [-0.1, -0.05) is 18.0 Å². The lowest BCUT2D eigenvalue weighted by molar-refractivity contribution is 0.0438. The highest BCUT2D eigenvalue weighted by Gasteiger charge is 2.20. The Bertz CT molecular complexity index is 438. The van der Waals surface area contributed by atoms with Crippen LogP contribution in [-0.4, -0.2) is 41.8 Å². The molecule has 0 spiro atoms. The fourth-order valence-electron chi connectivity index (χ4n) is 2.65. The van der Waals surface area contributed by atoms with E-state index in [2.05, 4.69) is 11.8 Å². The van der Waals surface area contributed by atoms with Gasteiger partial charge in [0.2, 0.25) is 0 Å². The van der Waals surface area contributed by atoms with E-state index < -0.39 is 6.10 Å². The summed E-state index contributed by atoms with van der Waals surface area (Å²) in [6.07, 6.45) is 3.30. The molecule has 1 aromatic carbocycles. The van der Waals surface area contributed by atoms with Crippen LogP contribution in [0.3, 0.4) is 0 Å². The predicted molar refractivity (Wildman–Crippen MR) is 82.6 cm³/mol. The highest BCUT2D eigenvalue weighted by Crippen LogP contribution is 2.21. The zero-order chi connectivity index (χ0) is 14.5. The first-order chi connectivity index (χ1) is 9.56. The van der Waals surface area contributed by atoms with E-state index in [9.17, 15) is 5.11 Å². The van der Waals surface area contributed by atoms with Gasteiger partial charge in [-0.3, -0.25) is 4.90 Å². The standard InChI is InChI=1S/C16H24ClNO2/c1-12-9-15(6-7-16(12)17)20-11-14(19)10-18-8-4-3-5-13(18)2/h6-7,9,13-14,19H,3-5,8,10-11H2,1-2H3/t13-,14+/m1/s1. The Morgan fingerprint density at radius 3 is 2.95 bits per heavy atom. The highest BCUT2D eigenvalue weighted by atomic mass is 35.5. The Morgan fingerprint density at radius 1 is 1.45 bits per heavy atom. The lowest BCUT2D eigenvalue weighted by Crippen LogP contribution is -2.43. The number of aliphatic hydroxyl groups excluding tert-OH is 1. The number of halogens is 1. The molecule has 1 aromatic rings. The minimum atomic E-state index is -0.452. The molecule has 0 bridgehead atoms. The van der Waals surface area contributed by atoms with Crippen LogP contribution in [0.15, 0.2) is 18.2 Å². The summed E-state index contributed by atoms with van der Waals surface area (Å²) in [7, 11) is 0. The first-order valence-electron chi connectivity index (χ1n) is 7.37. The average molecular weight is 298 g/mol. The third kappa shape index (κ3) is 4.37. The number of benzene rings is 1. The SMILES string of the molecule is Cc1cc(OC[C@@H](O)CN2CCCC[C@H]2C)ccc1Cl. The maximum absolute atomic E-state index is 10.1. The quantitative estimate of drug-likeness (QED) is 0.905. The normalized spacial score (nSPS) is 21.7. The van der Waals surface area contributed by atoms with Crippen LogP contribution in [-0.2, 0) is 0 Å². The number of β-amino-alcohol motifs (C(OH)–C–C–N with tert-alkyl or cyclic N) is 1. The Balaban J connectivity index is 1.79. The van der Waals surface area contributed by atoms with Crippen LogP contribution in [0.25, 0.3) is 0 Å². The maximum atomic E-state index is 10.1. The molecule has 2 rings (SSSR count). The number of likely N-dealkylation sites (tertiary alicyclic amines) is 1. The van der Waals surface area contributed by atoms with Crippen molar-refractivity contribution in [2.24, 2.45) is 0 Å². The third-order valence-corrected chi connectivity index (χ3v) is 4.38. The first kappa shape index (κ1) is 15.6.